The molecule has 0 bridgehead atoms. The summed E-state index contributed by atoms with van der Waals surface area (Å²) in [5.74, 6) is 0.0152. The maximum atomic E-state index is 11.9. The van der Waals surface area contributed by atoms with Crippen LogP contribution < -0.4 is 10.6 Å². The van der Waals surface area contributed by atoms with Crippen molar-refractivity contribution in [3.8, 4) is 0 Å². The van der Waals surface area contributed by atoms with Gasteiger partial charge in [0.1, 0.15) is 18.5 Å². The summed E-state index contributed by atoms with van der Waals surface area (Å²) in [7, 11) is 1.43. The molecule has 1 aromatic carbocycles. The molecule has 0 aliphatic carbocycles. The number of fused-ring (bicyclic) bond motifs is 1. The van der Waals surface area contributed by atoms with Gasteiger partial charge in [0.2, 0.25) is 0 Å². The molecule has 1 fully saturated rings. The van der Waals surface area contributed by atoms with Gasteiger partial charge in [-0.05, 0) is 40.3 Å². The summed E-state index contributed by atoms with van der Waals surface area (Å²) in [6.45, 7) is 0.551. The minimum atomic E-state index is -1.36. The molecule has 152 valence electrons. The molecule has 4 N–H and O–H groups in total. The Bertz CT molecular complexity index is 1040. The van der Waals surface area contributed by atoms with Crippen molar-refractivity contribution in [3.05, 3.63) is 46.1 Å². The van der Waals surface area contributed by atoms with E-state index in [0.29, 0.717) is 23.5 Å². The van der Waals surface area contributed by atoms with Gasteiger partial charge in [0.25, 0.3) is 5.91 Å². The highest BCUT2D eigenvalue weighted by Crippen LogP contribution is 2.32. The van der Waals surface area contributed by atoms with Gasteiger partial charge in [-0.25, -0.2) is 15.0 Å². The molecule has 0 unspecified atom stereocenters. The average molecular weight is 510 g/mol. The molecule has 0 spiro atoms. The summed E-state index contributed by atoms with van der Waals surface area (Å²) in [4.78, 5) is 24.7. The minimum Gasteiger partial charge on any atom is -0.387 e. The van der Waals surface area contributed by atoms with E-state index in [4.69, 9.17) is 4.74 Å². The fourth-order valence-corrected chi connectivity index (χ4v) is 3.86. The van der Waals surface area contributed by atoms with Gasteiger partial charge in [-0.1, -0.05) is 12.1 Å². The van der Waals surface area contributed by atoms with Crippen LogP contribution in [-0.2, 0) is 16.1 Å². The van der Waals surface area contributed by atoms with E-state index in [1.165, 1.54) is 24.3 Å². The molecule has 2 aromatic heterocycles. The number of hydrogen-bond donors (Lipinski definition) is 4. The van der Waals surface area contributed by atoms with Crippen molar-refractivity contribution in [1.29, 1.82) is 0 Å². The zero-order valence-corrected chi connectivity index (χ0v) is 17.5. The molecular weight excluding hydrogens is 491 g/mol. The second-order valence-corrected chi connectivity index (χ2v) is 7.82. The summed E-state index contributed by atoms with van der Waals surface area (Å²) in [5, 5.41) is 26.2. The van der Waals surface area contributed by atoms with Crippen molar-refractivity contribution in [2.24, 2.45) is 0 Å². The van der Waals surface area contributed by atoms with Crippen LogP contribution in [0.25, 0.3) is 11.2 Å². The average Bonchev–Trinajstić information content (AvgIpc) is 3.28. The number of nitrogens with zero attached hydrogens (tertiary/aromatic N) is 4. The normalized spacial score (nSPS) is 24.0. The molecule has 3 heterocycles. The van der Waals surface area contributed by atoms with Gasteiger partial charge in [0.15, 0.2) is 29.3 Å². The van der Waals surface area contributed by atoms with E-state index in [1.54, 1.807) is 0 Å². The highest BCUT2D eigenvalue weighted by molar-refractivity contribution is 14.1. The number of aliphatic hydroxyl groups excluding tert-OH is 2. The van der Waals surface area contributed by atoms with E-state index in [9.17, 15) is 15.0 Å². The van der Waals surface area contributed by atoms with Gasteiger partial charge in [0, 0.05) is 17.2 Å². The Balaban J connectivity index is 1.60. The van der Waals surface area contributed by atoms with Gasteiger partial charge in [-0.15, -0.1) is 0 Å². The Morgan fingerprint density at radius 1 is 1.28 bits per heavy atom. The number of aromatic nitrogens is 4. The Hall–Kier alpha value is -2.35. The van der Waals surface area contributed by atoms with Crippen LogP contribution in [0.1, 0.15) is 11.8 Å². The fraction of sp³-hybridized carbons (Fsp3) is 0.333. The predicted molar refractivity (Wildman–Crippen MR) is 112 cm³/mol. The Morgan fingerprint density at radius 3 is 2.86 bits per heavy atom. The lowest BCUT2D eigenvalue weighted by Gasteiger charge is -2.16. The Kier molecular flexibility index (Phi) is 5.63. The maximum Gasteiger partial charge on any atom is 0.251 e. The fourth-order valence-electron chi connectivity index (χ4n) is 3.25. The molecule has 1 aliphatic rings. The summed E-state index contributed by atoms with van der Waals surface area (Å²) < 4.78 is 8.23. The first kappa shape index (κ1) is 19.9. The minimum absolute atomic E-state index is 0.416. The van der Waals surface area contributed by atoms with Crippen LogP contribution in [-0.4, -0.2) is 61.0 Å². The van der Waals surface area contributed by atoms with Crippen molar-refractivity contribution < 1.29 is 19.7 Å². The van der Waals surface area contributed by atoms with Gasteiger partial charge < -0.3 is 25.6 Å². The Labute approximate surface area is 179 Å². The summed E-state index contributed by atoms with van der Waals surface area (Å²) in [6.07, 6.45) is -2.04. The molecule has 1 amide bonds. The number of halogens is 1. The van der Waals surface area contributed by atoms with Crippen molar-refractivity contribution >= 4 is 45.5 Å². The van der Waals surface area contributed by atoms with Crippen molar-refractivity contribution in [1.82, 2.24) is 24.8 Å². The van der Waals surface area contributed by atoms with Gasteiger partial charge >= 0.3 is 0 Å². The first-order chi connectivity index (χ1) is 14.0. The molecule has 4 rings (SSSR count). The third kappa shape index (κ3) is 3.77. The molecule has 11 heteroatoms. The number of amides is 1. The van der Waals surface area contributed by atoms with Crippen LogP contribution in [0.5, 0.6) is 0 Å². The van der Waals surface area contributed by atoms with E-state index < -0.39 is 30.4 Å². The molecule has 29 heavy (non-hydrogen) atoms. The van der Waals surface area contributed by atoms with Crippen LogP contribution >= 0.6 is 22.6 Å². The van der Waals surface area contributed by atoms with Crippen LogP contribution in [0.15, 0.2) is 36.9 Å². The SMILES string of the molecule is CNC(=O)[C@H]1O[C@@H](n2cnc3c(NCc4cccc(I)c4)ncnc32)[C@H](O)[C@H]1O. The van der Waals surface area contributed by atoms with Gasteiger partial charge in [-0.2, -0.15) is 0 Å². The number of benzene rings is 1. The monoisotopic (exact) mass is 510 g/mol. The topological polar surface area (TPSA) is 134 Å². The van der Waals surface area contributed by atoms with Crippen molar-refractivity contribution in [3.63, 3.8) is 0 Å². The van der Waals surface area contributed by atoms with Crippen LogP contribution in [0.3, 0.4) is 0 Å². The lowest BCUT2D eigenvalue weighted by molar-refractivity contribution is -0.137. The zero-order chi connectivity index (χ0) is 20.5. The lowest BCUT2D eigenvalue weighted by Crippen LogP contribution is -2.41. The largest absolute Gasteiger partial charge is 0.387 e. The maximum absolute atomic E-state index is 11.9. The third-order valence-corrected chi connectivity index (χ3v) is 5.40. The van der Waals surface area contributed by atoms with Crippen LogP contribution in [0.2, 0.25) is 0 Å². The van der Waals surface area contributed by atoms with Crippen LogP contribution in [0.4, 0.5) is 5.82 Å². The van der Waals surface area contributed by atoms with Crippen LogP contribution in [0, 0.1) is 3.57 Å². The molecule has 0 saturated carbocycles. The smallest absolute Gasteiger partial charge is 0.251 e. The number of likely N-dealkylation sites (N-methyl/N-ethyl adjacent to an activating group) is 1. The third-order valence-electron chi connectivity index (χ3n) is 4.73. The number of imidazole rings is 1. The van der Waals surface area contributed by atoms with E-state index in [2.05, 4.69) is 54.2 Å². The summed E-state index contributed by atoms with van der Waals surface area (Å²) >= 11 is 2.26. The predicted octanol–water partition coefficient (Wildman–Crippen LogP) is 0.408. The molecule has 0 radical (unpaired) electrons. The molecule has 1 saturated heterocycles. The number of anilines is 1. The highest BCUT2D eigenvalue weighted by atomic mass is 127. The lowest BCUT2D eigenvalue weighted by atomic mass is 10.1. The van der Waals surface area contributed by atoms with Crippen molar-refractivity contribution in [2.45, 2.75) is 31.1 Å². The van der Waals surface area contributed by atoms with E-state index >= 15 is 0 Å². The number of ether oxygens (including phenoxy) is 1. The number of rotatable bonds is 5. The molecule has 10 nitrogen and oxygen atoms in total. The highest BCUT2D eigenvalue weighted by Gasteiger charge is 2.47. The standard InChI is InChI=1S/C18H19IN6O4/c1-20-17(28)14-12(26)13(27)18(29-14)25-8-24-11-15(22-7-23-16(11)25)21-6-9-3-2-4-10(19)5-9/h2-5,7-8,12-14,18,26-27H,6H2,1H3,(H,20,28)(H,21,22,23)/t12-,13-,14+,18-/m1/s1. The number of hydrogen-bond acceptors (Lipinski definition) is 8. The first-order valence-corrected chi connectivity index (χ1v) is 9.96. The first-order valence-electron chi connectivity index (χ1n) is 8.88. The molecule has 4 atom stereocenters. The quantitative estimate of drug-likeness (QED) is 0.363. The zero-order valence-electron chi connectivity index (χ0n) is 15.4. The van der Waals surface area contributed by atoms with Gasteiger partial charge in [0.05, 0.1) is 6.33 Å². The summed E-state index contributed by atoms with van der Waals surface area (Å²) in [6, 6.07) is 8.07. The second-order valence-electron chi connectivity index (χ2n) is 6.57. The molecular formula is C18H19IN6O4. The number of aliphatic hydroxyl groups is 2. The van der Waals surface area contributed by atoms with Crippen molar-refractivity contribution in [2.75, 3.05) is 12.4 Å². The molecule has 3 aromatic rings. The number of carbonyl (C=O) groups is 1. The second kappa shape index (κ2) is 8.18. The number of carbonyl (C=O) groups excluding carboxylic acids is 1. The van der Waals surface area contributed by atoms with E-state index in [-0.39, 0.29) is 0 Å². The number of nitrogens with one attached hydrogen (secondary N) is 2. The van der Waals surface area contributed by atoms with Gasteiger partial charge in [-0.3, -0.25) is 9.36 Å². The summed E-state index contributed by atoms with van der Waals surface area (Å²) in [5.41, 5.74) is 2.00. The van der Waals surface area contributed by atoms with E-state index in [0.717, 1.165) is 9.13 Å². The Morgan fingerprint density at radius 2 is 2.10 bits per heavy atom. The van der Waals surface area contributed by atoms with E-state index in [1.807, 2.05) is 18.2 Å². The molecule has 1 aliphatic heterocycles.